The number of nitro groups is 1. The Labute approximate surface area is 149 Å². The summed E-state index contributed by atoms with van der Waals surface area (Å²) in [6, 6.07) is 9.39. The van der Waals surface area contributed by atoms with Crippen LogP contribution >= 0.6 is 11.6 Å². The first kappa shape index (κ1) is 18.4. The molecule has 0 aliphatic rings. The van der Waals surface area contributed by atoms with E-state index in [4.69, 9.17) is 16.3 Å². The van der Waals surface area contributed by atoms with Gasteiger partial charge in [-0.25, -0.2) is 5.43 Å². The molecule has 0 radical (unpaired) electrons. The number of nitrogens with zero attached hydrogens (tertiary/aromatic N) is 2. The van der Waals surface area contributed by atoms with Gasteiger partial charge < -0.3 is 4.74 Å². The van der Waals surface area contributed by atoms with Crippen molar-refractivity contribution >= 4 is 29.4 Å². The number of nitro benzene ring substituents is 1. The van der Waals surface area contributed by atoms with Crippen molar-refractivity contribution in [1.29, 1.82) is 0 Å². The summed E-state index contributed by atoms with van der Waals surface area (Å²) >= 11 is 6.07. The second kappa shape index (κ2) is 8.25. The lowest BCUT2D eigenvalue weighted by atomic mass is 10.1. The van der Waals surface area contributed by atoms with Crippen LogP contribution in [0.25, 0.3) is 0 Å². The number of carbonyl (C=O) groups is 1. The van der Waals surface area contributed by atoms with E-state index in [2.05, 4.69) is 10.5 Å². The summed E-state index contributed by atoms with van der Waals surface area (Å²) in [4.78, 5) is 21.9. The molecule has 0 aliphatic heterocycles. The van der Waals surface area contributed by atoms with Crippen molar-refractivity contribution in [3.63, 3.8) is 0 Å². The highest BCUT2D eigenvalue weighted by atomic mass is 35.5. The van der Waals surface area contributed by atoms with E-state index in [1.165, 1.54) is 24.4 Å². The summed E-state index contributed by atoms with van der Waals surface area (Å²) in [5, 5.41) is 15.1. The number of carbonyl (C=O) groups excluding carboxylic acids is 1. The number of non-ortho nitro benzene ring substituents is 1. The van der Waals surface area contributed by atoms with E-state index >= 15 is 0 Å². The van der Waals surface area contributed by atoms with Crippen molar-refractivity contribution in [1.82, 2.24) is 5.43 Å². The third-order valence-corrected chi connectivity index (χ3v) is 3.86. The zero-order valence-corrected chi connectivity index (χ0v) is 14.4. The largest absolute Gasteiger partial charge is 0.484 e. The Hall–Kier alpha value is -2.93. The Bertz CT molecular complexity index is 813. The van der Waals surface area contributed by atoms with Gasteiger partial charge in [-0.05, 0) is 37.1 Å². The maximum absolute atomic E-state index is 11.7. The minimum Gasteiger partial charge on any atom is -0.484 e. The van der Waals surface area contributed by atoms with Gasteiger partial charge in [-0.15, -0.1) is 0 Å². The van der Waals surface area contributed by atoms with Crippen molar-refractivity contribution < 1.29 is 14.5 Å². The number of amides is 1. The molecule has 0 aromatic heterocycles. The number of aryl methyl sites for hydroxylation is 2. The SMILES string of the molecule is Cc1cc(OCC(=O)NN=Cc2cccc([N+](=O)[O-])c2)cc(C)c1Cl. The van der Waals surface area contributed by atoms with Gasteiger partial charge in [0, 0.05) is 22.7 Å². The van der Waals surface area contributed by atoms with Crippen molar-refractivity contribution in [2.45, 2.75) is 13.8 Å². The fourth-order valence-electron chi connectivity index (χ4n) is 2.07. The van der Waals surface area contributed by atoms with E-state index in [1.54, 1.807) is 18.2 Å². The summed E-state index contributed by atoms with van der Waals surface area (Å²) < 4.78 is 5.40. The number of benzene rings is 2. The summed E-state index contributed by atoms with van der Waals surface area (Å²) in [5.41, 5.74) is 4.47. The zero-order valence-electron chi connectivity index (χ0n) is 13.7. The molecule has 0 bridgehead atoms. The lowest BCUT2D eigenvalue weighted by molar-refractivity contribution is -0.384. The van der Waals surface area contributed by atoms with E-state index in [9.17, 15) is 14.9 Å². The molecular weight excluding hydrogens is 346 g/mol. The highest BCUT2D eigenvalue weighted by Crippen LogP contribution is 2.25. The van der Waals surface area contributed by atoms with Gasteiger partial charge in [-0.3, -0.25) is 14.9 Å². The topological polar surface area (TPSA) is 93.8 Å². The molecule has 2 rings (SSSR count). The lowest BCUT2D eigenvalue weighted by Crippen LogP contribution is -2.24. The van der Waals surface area contributed by atoms with Crippen LogP contribution in [0.1, 0.15) is 16.7 Å². The van der Waals surface area contributed by atoms with Gasteiger partial charge in [0.15, 0.2) is 6.61 Å². The number of hydrazone groups is 1. The van der Waals surface area contributed by atoms with E-state index in [-0.39, 0.29) is 12.3 Å². The molecule has 8 heteroatoms. The Kier molecular flexibility index (Phi) is 6.08. The molecule has 0 atom stereocenters. The number of hydrogen-bond acceptors (Lipinski definition) is 5. The average molecular weight is 362 g/mol. The van der Waals surface area contributed by atoms with Crippen LogP contribution in [-0.2, 0) is 4.79 Å². The molecule has 7 nitrogen and oxygen atoms in total. The van der Waals surface area contributed by atoms with Crippen LogP contribution in [-0.4, -0.2) is 23.7 Å². The van der Waals surface area contributed by atoms with Crippen LogP contribution in [0.15, 0.2) is 41.5 Å². The molecular formula is C17H16ClN3O4. The van der Waals surface area contributed by atoms with Crippen LogP contribution in [0.2, 0.25) is 5.02 Å². The van der Waals surface area contributed by atoms with Crippen molar-refractivity contribution in [3.05, 3.63) is 68.2 Å². The number of ether oxygens (including phenoxy) is 1. The van der Waals surface area contributed by atoms with Gasteiger partial charge in [0.05, 0.1) is 11.1 Å². The van der Waals surface area contributed by atoms with Crippen LogP contribution in [0.3, 0.4) is 0 Å². The smallest absolute Gasteiger partial charge is 0.277 e. The second-order valence-electron chi connectivity index (χ2n) is 5.31. The molecule has 0 spiro atoms. The maximum Gasteiger partial charge on any atom is 0.277 e. The third kappa shape index (κ3) is 5.29. The summed E-state index contributed by atoms with van der Waals surface area (Å²) in [6.45, 7) is 3.49. The van der Waals surface area contributed by atoms with Gasteiger partial charge in [-0.1, -0.05) is 23.7 Å². The average Bonchev–Trinajstić information content (AvgIpc) is 2.58. The summed E-state index contributed by atoms with van der Waals surface area (Å²) in [5.74, 6) is 0.0872. The van der Waals surface area contributed by atoms with Crippen molar-refractivity contribution in [2.24, 2.45) is 5.10 Å². The van der Waals surface area contributed by atoms with Gasteiger partial charge >= 0.3 is 0 Å². The molecule has 0 fully saturated rings. The summed E-state index contributed by atoms with van der Waals surface area (Å²) in [7, 11) is 0. The molecule has 0 heterocycles. The van der Waals surface area contributed by atoms with Crippen molar-refractivity contribution in [2.75, 3.05) is 6.61 Å². The van der Waals surface area contributed by atoms with Crippen LogP contribution in [0.4, 0.5) is 5.69 Å². The van der Waals surface area contributed by atoms with Crippen LogP contribution < -0.4 is 10.2 Å². The van der Waals surface area contributed by atoms with Gasteiger partial charge in [0.1, 0.15) is 5.75 Å². The molecule has 0 saturated heterocycles. The molecule has 2 aromatic rings. The molecule has 1 N–H and O–H groups in total. The standard InChI is InChI=1S/C17H16ClN3O4/c1-11-6-15(7-12(2)17(11)18)25-10-16(22)20-19-9-13-4-3-5-14(8-13)21(23)24/h3-9H,10H2,1-2H3,(H,20,22). The molecule has 0 saturated carbocycles. The highest BCUT2D eigenvalue weighted by molar-refractivity contribution is 6.32. The summed E-state index contributed by atoms with van der Waals surface area (Å²) in [6.07, 6.45) is 1.32. The molecule has 1 amide bonds. The van der Waals surface area contributed by atoms with E-state index < -0.39 is 10.8 Å². The van der Waals surface area contributed by atoms with Gasteiger partial charge in [0.2, 0.25) is 0 Å². The third-order valence-electron chi connectivity index (χ3n) is 3.26. The number of halogens is 1. The Morgan fingerprint density at radius 1 is 1.32 bits per heavy atom. The lowest BCUT2D eigenvalue weighted by Gasteiger charge is -2.09. The molecule has 0 unspecified atom stereocenters. The Balaban J connectivity index is 1.88. The van der Waals surface area contributed by atoms with Crippen molar-refractivity contribution in [3.8, 4) is 5.75 Å². The second-order valence-corrected chi connectivity index (χ2v) is 5.68. The Morgan fingerprint density at radius 2 is 2.00 bits per heavy atom. The van der Waals surface area contributed by atoms with Gasteiger partial charge in [0.25, 0.3) is 11.6 Å². The van der Waals surface area contributed by atoms with Crippen LogP contribution in [0, 0.1) is 24.0 Å². The molecule has 25 heavy (non-hydrogen) atoms. The van der Waals surface area contributed by atoms with Crippen LogP contribution in [0.5, 0.6) is 5.75 Å². The van der Waals surface area contributed by atoms with E-state index in [0.29, 0.717) is 16.3 Å². The first-order valence-electron chi connectivity index (χ1n) is 7.32. The molecule has 130 valence electrons. The predicted octanol–water partition coefficient (Wildman–Crippen LogP) is 3.39. The van der Waals surface area contributed by atoms with E-state index in [1.807, 2.05) is 13.8 Å². The van der Waals surface area contributed by atoms with Gasteiger partial charge in [-0.2, -0.15) is 5.10 Å². The number of rotatable bonds is 6. The quantitative estimate of drug-likeness (QED) is 0.484. The maximum atomic E-state index is 11.7. The highest BCUT2D eigenvalue weighted by Gasteiger charge is 2.07. The molecule has 0 aliphatic carbocycles. The molecule has 2 aromatic carbocycles. The number of hydrogen-bond donors (Lipinski definition) is 1. The Morgan fingerprint density at radius 3 is 2.64 bits per heavy atom. The first-order chi connectivity index (χ1) is 11.9. The number of nitrogens with one attached hydrogen (secondary N) is 1. The minimum atomic E-state index is -0.500. The minimum absolute atomic E-state index is 0.0490. The zero-order chi connectivity index (χ0) is 18.4. The fourth-order valence-corrected chi connectivity index (χ4v) is 2.18. The normalized spacial score (nSPS) is 10.7. The predicted molar refractivity (Wildman–Crippen MR) is 95.3 cm³/mol. The van der Waals surface area contributed by atoms with E-state index in [0.717, 1.165) is 11.1 Å². The monoisotopic (exact) mass is 361 g/mol. The first-order valence-corrected chi connectivity index (χ1v) is 7.70. The fraction of sp³-hybridized carbons (Fsp3) is 0.176.